The van der Waals surface area contributed by atoms with E-state index < -0.39 is 0 Å². The number of hydrogen-bond donors (Lipinski definition) is 0. The van der Waals surface area contributed by atoms with Crippen LogP contribution in [0.1, 0.15) is 27.0 Å². The zero-order valence-electron chi connectivity index (χ0n) is 14.9. The van der Waals surface area contributed by atoms with Crippen LogP contribution in [0.25, 0.3) is 0 Å². The molecule has 2 aliphatic rings. The second-order valence-electron chi connectivity index (χ2n) is 7.27. The predicted octanol–water partition coefficient (Wildman–Crippen LogP) is 3.78. The average molecular weight is 332 g/mol. The molecule has 0 N–H and O–H groups in total. The van der Waals surface area contributed by atoms with Crippen LogP contribution in [-0.4, -0.2) is 35.3 Å². The SMILES string of the molecule is Cc1cccc(C)c1C(=O)N1CC2=CN(Cc3ccccc3)CC2C1. The summed E-state index contributed by atoms with van der Waals surface area (Å²) in [5.74, 6) is 0.664. The number of carbonyl (C=O) groups excluding carboxylic acids is 1. The van der Waals surface area contributed by atoms with Crippen molar-refractivity contribution in [1.29, 1.82) is 0 Å². The van der Waals surface area contributed by atoms with E-state index in [0.29, 0.717) is 5.92 Å². The maximum Gasteiger partial charge on any atom is 0.254 e. The van der Waals surface area contributed by atoms with E-state index in [9.17, 15) is 4.79 Å². The number of hydrogen-bond acceptors (Lipinski definition) is 2. The molecule has 0 saturated carbocycles. The molecule has 1 fully saturated rings. The molecule has 1 atom stereocenters. The van der Waals surface area contributed by atoms with Crippen LogP contribution in [0.3, 0.4) is 0 Å². The van der Waals surface area contributed by atoms with Gasteiger partial charge in [-0.2, -0.15) is 0 Å². The van der Waals surface area contributed by atoms with E-state index in [2.05, 4.69) is 41.4 Å². The summed E-state index contributed by atoms with van der Waals surface area (Å²) in [7, 11) is 0. The molecule has 2 aliphatic heterocycles. The molecule has 2 heterocycles. The van der Waals surface area contributed by atoms with Gasteiger partial charge in [-0.25, -0.2) is 0 Å². The van der Waals surface area contributed by atoms with Crippen LogP contribution in [0.15, 0.2) is 60.3 Å². The van der Waals surface area contributed by atoms with Gasteiger partial charge in [0.1, 0.15) is 0 Å². The molecule has 0 radical (unpaired) electrons. The monoisotopic (exact) mass is 332 g/mol. The van der Waals surface area contributed by atoms with Crippen molar-refractivity contribution >= 4 is 5.91 Å². The van der Waals surface area contributed by atoms with E-state index in [4.69, 9.17) is 0 Å². The Morgan fingerprint density at radius 3 is 2.40 bits per heavy atom. The Balaban J connectivity index is 1.46. The molecule has 3 heteroatoms. The van der Waals surface area contributed by atoms with Gasteiger partial charge in [0, 0.05) is 43.9 Å². The average Bonchev–Trinajstić information content (AvgIpc) is 3.14. The molecule has 0 aromatic heterocycles. The van der Waals surface area contributed by atoms with Gasteiger partial charge in [0.15, 0.2) is 0 Å². The number of benzene rings is 2. The molecule has 25 heavy (non-hydrogen) atoms. The molecule has 3 nitrogen and oxygen atoms in total. The van der Waals surface area contributed by atoms with E-state index in [-0.39, 0.29) is 5.91 Å². The lowest BCUT2D eigenvalue weighted by atomic mass is 10.0. The third-order valence-corrected chi connectivity index (χ3v) is 5.35. The van der Waals surface area contributed by atoms with Gasteiger partial charge < -0.3 is 9.80 Å². The van der Waals surface area contributed by atoms with Crippen LogP contribution in [0.5, 0.6) is 0 Å². The van der Waals surface area contributed by atoms with Gasteiger partial charge in [-0.3, -0.25) is 4.79 Å². The molecule has 4 rings (SSSR count). The van der Waals surface area contributed by atoms with Crippen LogP contribution in [0, 0.1) is 19.8 Å². The zero-order valence-corrected chi connectivity index (χ0v) is 14.9. The number of amides is 1. The lowest BCUT2D eigenvalue weighted by Crippen LogP contribution is -2.32. The first-order valence-electron chi connectivity index (χ1n) is 8.96. The highest BCUT2D eigenvalue weighted by molar-refractivity contribution is 5.97. The van der Waals surface area contributed by atoms with Gasteiger partial charge in [-0.15, -0.1) is 0 Å². The molecular weight excluding hydrogens is 308 g/mol. The smallest absolute Gasteiger partial charge is 0.254 e. The van der Waals surface area contributed by atoms with E-state index in [1.807, 2.05) is 36.9 Å². The fourth-order valence-electron chi connectivity index (χ4n) is 4.08. The summed E-state index contributed by atoms with van der Waals surface area (Å²) >= 11 is 0. The van der Waals surface area contributed by atoms with Gasteiger partial charge >= 0.3 is 0 Å². The standard InChI is InChI=1S/C22H24N2O/c1-16-7-6-8-17(2)21(16)22(25)24-14-19-12-23(13-20(19)15-24)11-18-9-4-3-5-10-18/h3-10,12,20H,11,13-15H2,1-2H3. The maximum absolute atomic E-state index is 13.0. The van der Waals surface area contributed by atoms with Gasteiger partial charge in [0.25, 0.3) is 5.91 Å². The van der Waals surface area contributed by atoms with Crippen molar-refractivity contribution in [3.8, 4) is 0 Å². The summed E-state index contributed by atoms with van der Waals surface area (Å²) in [5, 5.41) is 0. The Morgan fingerprint density at radius 2 is 1.72 bits per heavy atom. The lowest BCUT2D eigenvalue weighted by molar-refractivity contribution is 0.0783. The Hall–Kier alpha value is -2.55. The van der Waals surface area contributed by atoms with Crippen molar-refractivity contribution in [1.82, 2.24) is 9.80 Å². The number of fused-ring (bicyclic) bond motifs is 1. The van der Waals surface area contributed by atoms with Gasteiger partial charge in [0.05, 0.1) is 0 Å². The molecule has 0 spiro atoms. The molecule has 128 valence electrons. The third kappa shape index (κ3) is 3.07. The second-order valence-corrected chi connectivity index (χ2v) is 7.27. The molecule has 1 saturated heterocycles. The second kappa shape index (κ2) is 6.40. The number of aryl methyl sites for hydroxylation is 2. The Kier molecular flexibility index (Phi) is 4.08. The highest BCUT2D eigenvalue weighted by Crippen LogP contribution is 2.32. The van der Waals surface area contributed by atoms with Crippen molar-refractivity contribution < 1.29 is 4.79 Å². The summed E-state index contributed by atoms with van der Waals surface area (Å²) in [4.78, 5) is 17.4. The topological polar surface area (TPSA) is 23.6 Å². The predicted molar refractivity (Wildman–Crippen MR) is 100 cm³/mol. The molecule has 0 aliphatic carbocycles. The normalized spacial score (nSPS) is 19.1. The van der Waals surface area contributed by atoms with Crippen molar-refractivity contribution in [2.75, 3.05) is 19.6 Å². The highest BCUT2D eigenvalue weighted by Gasteiger charge is 2.36. The lowest BCUT2D eigenvalue weighted by Gasteiger charge is -2.22. The number of nitrogens with zero attached hydrogens (tertiary/aromatic N) is 2. The van der Waals surface area contributed by atoms with E-state index in [1.165, 1.54) is 11.1 Å². The molecule has 2 aromatic rings. The largest absolute Gasteiger partial charge is 0.372 e. The van der Waals surface area contributed by atoms with E-state index in [0.717, 1.165) is 42.9 Å². The van der Waals surface area contributed by atoms with Crippen LogP contribution in [0.4, 0.5) is 0 Å². The summed E-state index contributed by atoms with van der Waals surface area (Å²) in [6.45, 7) is 7.62. The number of likely N-dealkylation sites (tertiary alicyclic amines) is 1. The Bertz CT molecular complexity index is 805. The summed E-state index contributed by atoms with van der Waals surface area (Å²) < 4.78 is 0. The minimum Gasteiger partial charge on any atom is -0.372 e. The van der Waals surface area contributed by atoms with Crippen molar-refractivity contribution in [3.63, 3.8) is 0 Å². The summed E-state index contributed by atoms with van der Waals surface area (Å²) in [5.41, 5.74) is 5.76. The maximum atomic E-state index is 13.0. The zero-order chi connectivity index (χ0) is 17.4. The Morgan fingerprint density at radius 1 is 1.00 bits per heavy atom. The van der Waals surface area contributed by atoms with E-state index in [1.54, 1.807) is 0 Å². The minimum absolute atomic E-state index is 0.181. The molecule has 1 unspecified atom stereocenters. The first-order valence-corrected chi connectivity index (χ1v) is 8.96. The summed E-state index contributed by atoms with van der Waals surface area (Å²) in [6.07, 6.45) is 2.27. The minimum atomic E-state index is 0.181. The van der Waals surface area contributed by atoms with Crippen molar-refractivity contribution in [2.24, 2.45) is 5.92 Å². The molecule has 0 bridgehead atoms. The highest BCUT2D eigenvalue weighted by atomic mass is 16.2. The van der Waals surface area contributed by atoms with Crippen molar-refractivity contribution in [2.45, 2.75) is 20.4 Å². The molecular formula is C22H24N2O. The first-order chi connectivity index (χ1) is 12.1. The van der Waals surface area contributed by atoms with Crippen LogP contribution >= 0.6 is 0 Å². The van der Waals surface area contributed by atoms with Gasteiger partial charge in [-0.05, 0) is 36.1 Å². The fourth-order valence-corrected chi connectivity index (χ4v) is 4.08. The fraction of sp³-hybridized carbons (Fsp3) is 0.318. The number of rotatable bonds is 3. The third-order valence-electron chi connectivity index (χ3n) is 5.35. The van der Waals surface area contributed by atoms with Crippen LogP contribution in [0.2, 0.25) is 0 Å². The quantitative estimate of drug-likeness (QED) is 0.854. The van der Waals surface area contributed by atoms with Crippen molar-refractivity contribution in [3.05, 3.63) is 82.6 Å². The van der Waals surface area contributed by atoms with Gasteiger partial charge in [0.2, 0.25) is 0 Å². The van der Waals surface area contributed by atoms with Crippen LogP contribution in [-0.2, 0) is 6.54 Å². The number of carbonyl (C=O) groups is 1. The first kappa shape index (κ1) is 15.9. The summed E-state index contributed by atoms with van der Waals surface area (Å²) in [6, 6.07) is 16.6. The molecule has 2 aromatic carbocycles. The van der Waals surface area contributed by atoms with Crippen LogP contribution < -0.4 is 0 Å². The molecule has 1 amide bonds. The Labute approximate surface area is 149 Å². The van der Waals surface area contributed by atoms with E-state index >= 15 is 0 Å². The van der Waals surface area contributed by atoms with Gasteiger partial charge in [-0.1, -0.05) is 48.5 Å².